The molecule has 122 valence electrons. The fourth-order valence-corrected chi connectivity index (χ4v) is 3.09. The Morgan fingerprint density at radius 2 is 1.92 bits per heavy atom. The van der Waals surface area contributed by atoms with E-state index in [1.807, 2.05) is 11.4 Å². The zero-order chi connectivity index (χ0) is 16.9. The van der Waals surface area contributed by atoms with Gasteiger partial charge in [0.15, 0.2) is 5.13 Å². The van der Waals surface area contributed by atoms with Crippen molar-refractivity contribution in [3.05, 3.63) is 65.0 Å². The van der Waals surface area contributed by atoms with Crippen LogP contribution in [0, 0.1) is 0 Å². The van der Waals surface area contributed by atoms with Crippen molar-refractivity contribution in [2.24, 2.45) is 0 Å². The smallest absolute Gasteiger partial charge is 0.261 e. The van der Waals surface area contributed by atoms with Crippen molar-refractivity contribution in [1.29, 1.82) is 0 Å². The number of para-hydroxylation sites is 1. The number of anilines is 1. The van der Waals surface area contributed by atoms with E-state index in [2.05, 4.69) is 41.5 Å². The minimum atomic E-state index is -0.227. The zero-order valence-electron chi connectivity index (χ0n) is 13.6. The van der Waals surface area contributed by atoms with Gasteiger partial charge in [0, 0.05) is 10.9 Å². The van der Waals surface area contributed by atoms with Gasteiger partial charge in [0.05, 0.1) is 18.4 Å². The molecule has 3 rings (SSSR count). The van der Waals surface area contributed by atoms with E-state index in [0.717, 1.165) is 17.7 Å². The summed E-state index contributed by atoms with van der Waals surface area (Å²) >= 11 is 1.41. The van der Waals surface area contributed by atoms with Crippen LogP contribution in [-0.2, 0) is 6.42 Å². The second kappa shape index (κ2) is 7.27. The Morgan fingerprint density at radius 1 is 1.17 bits per heavy atom. The Balaban J connectivity index is 1.77. The van der Waals surface area contributed by atoms with E-state index < -0.39 is 0 Å². The average molecular weight is 338 g/mol. The third kappa shape index (κ3) is 3.46. The molecule has 0 saturated heterocycles. The topological polar surface area (TPSA) is 51.2 Å². The number of benzene rings is 2. The van der Waals surface area contributed by atoms with Crippen LogP contribution in [0.3, 0.4) is 0 Å². The maximum atomic E-state index is 12.4. The van der Waals surface area contributed by atoms with Gasteiger partial charge >= 0.3 is 0 Å². The Hall–Kier alpha value is -2.66. The number of nitrogens with one attached hydrogen (secondary N) is 1. The molecule has 0 unspecified atom stereocenters. The minimum absolute atomic E-state index is 0.227. The Morgan fingerprint density at radius 3 is 2.62 bits per heavy atom. The third-order valence-electron chi connectivity index (χ3n) is 3.73. The van der Waals surface area contributed by atoms with Crippen LogP contribution in [0.5, 0.6) is 5.75 Å². The van der Waals surface area contributed by atoms with Crippen LogP contribution in [0.1, 0.15) is 22.8 Å². The van der Waals surface area contributed by atoms with Crippen molar-refractivity contribution in [3.63, 3.8) is 0 Å². The first-order chi connectivity index (χ1) is 11.7. The molecule has 1 amide bonds. The molecule has 1 aromatic heterocycles. The molecular formula is C19H18N2O2S. The maximum Gasteiger partial charge on any atom is 0.261 e. The van der Waals surface area contributed by atoms with Crippen LogP contribution in [0.15, 0.2) is 53.9 Å². The molecule has 1 heterocycles. The number of amides is 1. The van der Waals surface area contributed by atoms with Crippen molar-refractivity contribution in [2.45, 2.75) is 13.3 Å². The number of carbonyl (C=O) groups excluding carboxylic acids is 1. The van der Waals surface area contributed by atoms with Gasteiger partial charge in [-0.1, -0.05) is 43.3 Å². The molecule has 0 saturated carbocycles. The average Bonchev–Trinajstić information content (AvgIpc) is 3.10. The van der Waals surface area contributed by atoms with E-state index in [1.165, 1.54) is 16.9 Å². The summed E-state index contributed by atoms with van der Waals surface area (Å²) in [5.41, 5.74) is 3.68. The molecule has 0 aliphatic heterocycles. The molecule has 5 heteroatoms. The second-order valence-corrected chi connectivity index (χ2v) is 6.10. The van der Waals surface area contributed by atoms with Gasteiger partial charge in [0.2, 0.25) is 0 Å². The van der Waals surface area contributed by atoms with E-state index >= 15 is 0 Å². The molecule has 24 heavy (non-hydrogen) atoms. The number of aryl methyl sites for hydroxylation is 1. The predicted molar refractivity (Wildman–Crippen MR) is 97.9 cm³/mol. The number of carbonyl (C=O) groups is 1. The molecule has 0 atom stereocenters. The molecule has 3 aromatic rings. The molecule has 0 aliphatic rings. The highest BCUT2D eigenvalue weighted by Crippen LogP contribution is 2.26. The van der Waals surface area contributed by atoms with E-state index in [0.29, 0.717) is 16.4 Å². The summed E-state index contributed by atoms with van der Waals surface area (Å²) in [5, 5.41) is 5.35. The van der Waals surface area contributed by atoms with Crippen molar-refractivity contribution in [3.8, 4) is 17.0 Å². The number of methoxy groups -OCH3 is 1. The number of rotatable bonds is 5. The quantitative estimate of drug-likeness (QED) is 0.738. The Bertz CT molecular complexity index is 841. The summed E-state index contributed by atoms with van der Waals surface area (Å²) in [6.07, 6.45) is 1.01. The first-order valence-corrected chi connectivity index (χ1v) is 8.58. The third-order valence-corrected chi connectivity index (χ3v) is 4.49. The Kier molecular flexibility index (Phi) is 4.91. The van der Waals surface area contributed by atoms with Crippen LogP contribution >= 0.6 is 11.3 Å². The summed E-state index contributed by atoms with van der Waals surface area (Å²) in [5.74, 6) is 0.316. The van der Waals surface area contributed by atoms with Gasteiger partial charge in [0.1, 0.15) is 5.75 Å². The molecule has 0 bridgehead atoms. The minimum Gasteiger partial charge on any atom is -0.496 e. The fraction of sp³-hybridized carbons (Fsp3) is 0.158. The van der Waals surface area contributed by atoms with Gasteiger partial charge in [-0.15, -0.1) is 11.3 Å². The summed E-state index contributed by atoms with van der Waals surface area (Å²) in [4.78, 5) is 16.9. The monoisotopic (exact) mass is 338 g/mol. The van der Waals surface area contributed by atoms with E-state index in [1.54, 1.807) is 25.3 Å². The van der Waals surface area contributed by atoms with Gasteiger partial charge in [-0.25, -0.2) is 4.98 Å². The highest BCUT2D eigenvalue weighted by molar-refractivity contribution is 7.14. The van der Waals surface area contributed by atoms with E-state index in [4.69, 9.17) is 4.74 Å². The second-order valence-electron chi connectivity index (χ2n) is 5.24. The Labute approximate surface area is 145 Å². The van der Waals surface area contributed by atoms with Gasteiger partial charge in [-0.2, -0.15) is 0 Å². The highest BCUT2D eigenvalue weighted by atomic mass is 32.1. The van der Waals surface area contributed by atoms with E-state index in [9.17, 15) is 4.79 Å². The molecule has 1 N–H and O–H groups in total. The van der Waals surface area contributed by atoms with Crippen molar-refractivity contribution in [2.75, 3.05) is 12.4 Å². The fourth-order valence-electron chi connectivity index (χ4n) is 2.37. The van der Waals surface area contributed by atoms with Gasteiger partial charge in [-0.05, 0) is 24.1 Å². The highest BCUT2D eigenvalue weighted by Gasteiger charge is 2.13. The lowest BCUT2D eigenvalue weighted by atomic mass is 10.1. The molecule has 0 radical (unpaired) electrons. The summed E-state index contributed by atoms with van der Waals surface area (Å²) in [6.45, 7) is 2.13. The molecule has 2 aromatic carbocycles. The molecular weight excluding hydrogens is 320 g/mol. The molecule has 0 spiro atoms. The van der Waals surface area contributed by atoms with E-state index in [-0.39, 0.29) is 5.91 Å². The number of thiazole rings is 1. The van der Waals surface area contributed by atoms with Crippen LogP contribution in [0.2, 0.25) is 0 Å². The number of ether oxygens (including phenoxy) is 1. The number of hydrogen-bond donors (Lipinski definition) is 1. The lowest BCUT2D eigenvalue weighted by Crippen LogP contribution is -2.12. The predicted octanol–water partition coefficient (Wildman–Crippen LogP) is 4.63. The van der Waals surface area contributed by atoms with Gasteiger partial charge in [-0.3, -0.25) is 10.1 Å². The maximum absolute atomic E-state index is 12.4. The molecule has 4 nitrogen and oxygen atoms in total. The normalized spacial score (nSPS) is 10.4. The summed E-state index contributed by atoms with van der Waals surface area (Å²) < 4.78 is 5.22. The van der Waals surface area contributed by atoms with Crippen molar-refractivity contribution < 1.29 is 9.53 Å². The van der Waals surface area contributed by atoms with Crippen molar-refractivity contribution >= 4 is 22.4 Å². The largest absolute Gasteiger partial charge is 0.496 e. The van der Waals surface area contributed by atoms with Crippen LogP contribution in [0.4, 0.5) is 5.13 Å². The standard InChI is InChI=1S/C19H18N2O2S/c1-3-13-8-10-14(11-9-13)16-12-24-19(20-16)21-18(22)15-6-4-5-7-17(15)23-2/h4-12H,3H2,1-2H3,(H,20,21,22). The van der Waals surface area contributed by atoms with Crippen LogP contribution in [0.25, 0.3) is 11.3 Å². The van der Waals surface area contributed by atoms with Crippen LogP contribution < -0.4 is 10.1 Å². The van der Waals surface area contributed by atoms with Crippen LogP contribution in [-0.4, -0.2) is 18.0 Å². The molecule has 0 fully saturated rings. The first kappa shape index (κ1) is 16.2. The summed E-state index contributed by atoms with van der Waals surface area (Å²) in [6, 6.07) is 15.4. The number of nitrogens with zero attached hydrogens (tertiary/aromatic N) is 1. The number of aromatic nitrogens is 1. The van der Waals surface area contributed by atoms with Gasteiger partial charge < -0.3 is 4.74 Å². The summed E-state index contributed by atoms with van der Waals surface area (Å²) in [7, 11) is 1.55. The SMILES string of the molecule is CCc1ccc(-c2csc(NC(=O)c3ccccc3OC)n2)cc1. The lowest BCUT2D eigenvalue weighted by Gasteiger charge is -2.07. The molecule has 0 aliphatic carbocycles. The zero-order valence-corrected chi connectivity index (χ0v) is 14.4. The van der Waals surface area contributed by atoms with Crippen molar-refractivity contribution in [1.82, 2.24) is 4.98 Å². The first-order valence-electron chi connectivity index (χ1n) is 7.70. The lowest BCUT2D eigenvalue weighted by molar-refractivity contribution is 0.102. The number of hydrogen-bond acceptors (Lipinski definition) is 4. The van der Waals surface area contributed by atoms with Gasteiger partial charge in [0.25, 0.3) is 5.91 Å².